The third-order valence-electron chi connectivity index (χ3n) is 4.56. The fourth-order valence-corrected chi connectivity index (χ4v) is 3.62. The number of rotatable bonds is 11. The summed E-state index contributed by atoms with van der Waals surface area (Å²) < 4.78 is 20.9. The summed E-state index contributed by atoms with van der Waals surface area (Å²) in [6, 6.07) is 11.5. The van der Waals surface area contributed by atoms with Gasteiger partial charge in [0, 0.05) is 16.6 Å². The van der Waals surface area contributed by atoms with Crippen LogP contribution in [0.3, 0.4) is 0 Å². The van der Waals surface area contributed by atoms with Crippen LogP contribution < -0.4 is 24.8 Å². The average molecular weight is 500 g/mol. The molecule has 2 N–H and O–H groups in total. The van der Waals surface area contributed by atoms with Gasteiger partial charge in [0.15, 0.2) is 23.2 Å². The lowest BCUT2D eigenvalue weighted by Gasteiger charge is -2.12. The molecule has 3 rings (SSSR count). The number of ether oxygens (including phenoxy) is 4. The number of carbonyl (C=O) groups is 3. The van der Waals surface area contributed by atoms with Crippen LogP contribution in [0, 0.1) is 0 Å². The Kier molecular flexibility index (Phi) is 9.02. The molecule has 0 aliphatic heterocycles. The van der Waals surface area contributed by atoms with E-state index in [1.165, 1.54) is 24.5 Å². The zero-order valence-electron chi connectivity index (χ0n) is 19.5. The van der Waals surface area contributed by atoms with Gasteiger partial charge < -0.3 is 24.3 Å². The monoisotopic (exact) mass is 499 g/mol. The van der Waals surface area contributed by atoms with Gasteiger partial charge in [0.2, 0.25) is 0 Å². The van der Waals surface area contributed by atoms with Crippen molar-refractivity contribution in [3.8, 4) is 17.2 Å². The van der Waals surface area contributed by atoms with E-state index in [0.717, 1.165) is 0 Å². The number of benzene rings is 2. The van der Waals surface area contributed by atoms with Crippen molar-refractivity contribution in [2.75, 3.05) is 38.1 Å². The number of hydrogen-bond acceptors (Lipinski definition) is 9. The van der Waals surface area contributed by atoms with Gasteiger partial charge in [-0.25, -0.2) is 4.98 Å². The topological polar surface area (TPSA) is 125 Å². The van der Waals surface area contributed by atoms with Crippen molar-refractivity contribution in [3.63, 3.8) is 0 Å². The normalized spacial score (nSPS) is 10.3. The van der Waals surface area contributed by atoms with E-state index in [2.05, 4.69) is 15.6 Å². The van der Waals surface area contributed by atoms with E-state index in [9.17, 15) is 14.4 Å². The summed E-state index contributed by atoms with van der Waals surface area (Å²) in [5, 5.41) is 7.44. The minimum absolute atomic E-state index is 0.0338. The molecule has 0 aliphatic rings. The third-order valence-corrected chi connectivity index (χ3v) is 5.37. The van der Waals surface area contributed by atoms with E-state index in [0.29, 0.717) is 40.2 Å². The van der Waals surface area contributed by atoms with E-state index in [1.54, 1.807) is 55.8 Å². The predicted octanol–water partition coefficient (Wildman–Crippen LogP) is 3.54. The molecule has 2 aromatic carbocycles. The molecule has 0 atom stereocenters. The number of methoxy groups -OCH3 is 2. The number of nitrogens with one attached hydrogen (secondary N) is 2. The maximum Gasteiger partial charge on any atom is 0.311 e. The maximum absolute atomic E-state index is 12.6. The lowest BCUT2D eigenvalue weighted by molar-refractivity contribution is -0.142. The summed E-state index contributed by atoms with van der Waals surface area (Å²) in [7, 11) is 3.00. The number of nitrogens with zero attached hydrogens (tertiary/aromatic N) is 1. The highest BCUT2D eigenvalue weighted by Crippen LogP contribution is 2.29. The van der Waals surface area contributed by atoms with Gasteiger partial charge in [0.1, 0.15) is 5.75 Å². The van der Waals surface area contributed by atoms with Crippen LogP contribution in [0.1, 0.15) is 23.0 Å². The summed E-state index contributed by atoms with van der Waals surface area (Å²) in [4.78, 5) is 40.7. The molecule has 3 aromatic rings. The average Bonchev–Trinajstić information content (AvgIpc) is 3.29. The van der Waals surface area contributed by atoms with Gasteiger partial charge in [-0.3, -0.25) is 19.7 Å². The van der Waals surface area contributed by atoms with E-state index in [1.807, 2.05) is 0 Å². The second-order valence-corrected chi connectivity index (χ2v) is 7.87. The molecule has 1 aromatic heterocycles. The number of anilines is 2. The van der Waals surface area contributed by atoms with Crippen molar-refractivity contribution < 1.29 is 33.3 Å². The molecule has 0 aliphatic carbocycles. The molecule has 10 nitrogen and oxygen atoms in total. The van der Waals surface area contributed by atoms with Gasteiger partial charge in [-0.2, -0.15) is 0 Å². The van der Waals surface area contributed by atoms with Gasteiger partial charge in [0.25, 0.3) is 11.8 Å². The van der Waals surface area contributed by atoms with Crippen LogP contribution in [-0.4, -0.2) is 50.2 Å². The first kappa shape index (κ1) is 25.5. The molecule has 0 bridgehead atoms. The van der Waals surface area contributed by atoms with Crippen LogP contribution in [0.15, 0.2) is 47.8 Å². The van der Waals surface area contributed by atoms with Crippen LogP contribution in [0.25, 0.3) is 0 Å². The number of thiazole rings is 1. The van der Waals surface area contributed by atoms with E-state index in [4.69, 9.17) is 18.9 Å². The van der Waals surface area contributed by atoms with Gasteiger partial charge in [-0.05, 0) is 49.4 Å². The molecule has 35 heavy (non-hydrogen) atoms. The van der Waals surface area contributed by atoms with Crippen molar-refractivity contribution in [1.29, 1.82) is 0 Å². The molecular weight excluding hydrogens is 474 g/mol. The van der Waals surface area contributed by atoms with Gasteiger partial charge in [-0.15, -0.1) is 11.3 Å². The largest absolute Gasteiger partial charge is 0.497 e. The van der Waals surface area contributed by atoms with Crippen LogP contribution in [-0.2, 0) is 20.7 Å². The predicted molar refractivity (Wildman–Crippen MR) is 131 cm³/mol. The zero-order chi connectivity index (χ0) is 25.2. The minimum atomic E-state index is -0.413. The molecule has 2 amide bonds. The number of hydrogen-bond donors (Lipinski definition) is 2. The number of carbonyl (C=O) groups excluding carboxylic acids is 3. The minimum Gasteiger partial charge on any atom is -0.497 e. The molecule has 0 saturated heterocycles. The Labute approximate surface area is 206 Å². The van der Waals surface area contributed by atoms with Crippen LogP contribution in [0.5, 0.6) is 17.2 Å². The van der Waals surface area contributed by atoms with Crippen molar-refractivity contribution in [2.45, 2.75) is 13.3 Å². The Hall–Kier alpha value is -4.12. The van der Waals surface area contributed by atoms with Gasteiger partial charge in [0.05, 0.1) is 32.9 Å². The lowest BCUT2D eigenvalue weighted by atomic mass is 10.2. The Bertz CT molecular complexity index is 1180. The Morgan fingerprint density at radius 2 is 1.74 bits per heavy atom. The molecule has 0 spiro atoms. The van der Waals surface area contributed by atoms with E-state index >= 15 is 0 Å². The molecule has 184 valence electrons. The number of amides is 2. The second kappa shape index (κ2) is 12.4. The summed E-state index contributed by atoms with van der Waals surface area (Å²) in [5.41, 5.74) is 1.42. The van der Waals surface area contributed by atoms with Crippen molar-refractivity contribution in [2.24, 2.45) is 0 Å². The maximum atomic E-state index is 12.6. The van der Waals surface area contributed by atoms with Crippen molar-refractivity contribution >= 4 is 39.9 Å². The molecular formula is C24H25N3O7S. The summed E-state index contributed by atoms with van der Waals surface area (Å²) in [6.07, 6.45) is 0.0338. The highest BCUT2D eigenvalue weighted by atomic mass is 32.1. The lowest BCUT2D eigenvalue weighted by Crippen LogP contribution is -2.20. The molecule has 0 unspecified atom stereocenters. The second-order valence-electron chi connectivity index (χ2n) is 7.01. The smallest absolute Gasteiger partial charge is 0.311 e. The summed E-state index contributed by atoms with van der Waals surface area (Å²) in [5.74, 6) is 0.122. The Balaban J connectivity index is 1.57. The Morgan fingerprint density at radius 1 is 0.971 bits per heavy atom. The quantitative estimate of drug-likeness (QED) is 0.384. The number of esters is 1. The van der Waals surface area contributed by atoms with Crippen molar-refractivity contribution in [1.82, 2.24) is 4.98 Å². The van der Waals surface area contributed by atoms with Crippen LogP contribution in [0.4, 0.5) is 10.8 Å². The highest BCUT2D eigenvalue weighted by molar-refractivity contribution is 7.14. The highest BCUT2D eigenvalue weighted by Gasteiger charge is 2.15. The summed E-state index contributed by atoms with van der Waals surface area (Å²) in [6.45, 7) is 1.77. The first-order valence-electron chi connectivity index (χ1n) is 10.6. The van der Waals surface area contributed by atoms with Crippen molar-refractivity contribution in [3.05, 3.63) is 59.1 Å². The third kappa shape index (κ3) is 7.44. The molecule has 0 fully saturated rings. The summed E-state index contributed by atoms with van der Waals surface area (Å²) >= 11 is 1.20. The first-order chi connectivity index (χ1) is 16.9. The van der Waals surface area contributed by atoms with Crippen LogP contribution in [0.2, 0.25) is 0 Å². The standard InChI is InChI=1S/C24H25N3O7S/c1-4-33-22(29)12-17-14-35-24(26-17)27-23(30)15-5-10-19(20(11-15)32-3)34-13-21(28)25-16-6-8-18(31-2)9-7-16/h5-11,14H,4,12-13H2,1-3H3,(H,25,28)(H,26,27,30). The first-order valence-corrected chi connectivity index (χ1v) is 11.5. The van der Waals surface area contributed by atoms with Gasteiger partial charge in [-0.1, -0.05) is 0 Å². The number of aromatic nitrogens is 1. The fraction of sp³-hybridized carbons (Fsp3) is 0.250. The molecule has 0 radical (unpaired) electrons. The fourth-order valence-electron chi connectivity index (χ4n) is 2.92. The SMILES string of the molecule is CCOC(=O)Cc1csc(NC(=O)c2ccc(OCC(=O)Nc3ccc(OC)cc3)c(OC)c2)n1. The molecule has 1 heterocycles. The van der Waals surface area contributed by atoms with Crippen LogP contribution >= 0.6 is 11.3 Å². The zero-order valence-corrected chi connectivity index (χ0v) is 20.3. The Morgan fingerprint density at radius 3 is 2.43 bits per heavy atom. The van der Waals surface area contributed by atoms with E-state index < -0.39 is 5.91 Å². The van der Waals surface area contributed by atoms with E-state index in [-0.39, 0.29) is 30.7 Å². The molecule has 11 heteroatoms. The molecule has 0 saturated carbocycles. The van der Waals surface area contributed by atoms with Gasteiger partial charge >= 0.3 is 5.97 Å².